The molecule has 0 aliphatic carbocycles. The lowest BCUT2D eigenvalue weighted by Gasteiger charge is -2.44. The van der Waals surface area contributed by atoms with E-state index in [4.69, 9.17) is 11.6 Å². The van der Waals surface area contributed by atoms with Crippen LogP contribution in [0.15, 0.2) is 24.3 Å². The molecule has 2 amide bonds. The third-order valence-corrected chi connectivity index (χ3v) is 7.42. The van der Waals surface area contributed by atoms with Crippen molar-refractivity contribution in [1.29, 1.82) is 0 Å². The van der Waals surface area contributed by atoms with Crippen LogP contribution in [0.4, 0.5) is 0 Å². The predicted molar refractivity (Wildman–Crippen MR) is 112 cm³/mol. The number of hydrogen-bond donors (Lipinski definition) is 0. The highest BCUT2D eigenvalue weighted by Crippen LogP contribution is 2.44. The first-order valence-electron chi connectivity index (χ1n) is 10.0. The maximum atomic E-state index is 13.1. The Balaban J connectivity index is 1.59. The van der Waals surface area contributed by atoms with E-state index in [0.29, 0.717) is 17.0 Å². The second-order valence-electron chi connectivity index (χ2n) is 7.45. The molecule has 0 radical (unpaired) electrons. The van der Waals surface area contributed by atoms with Gasteiger partial charge in [0.15, 0.2) is 0 Å². The number of piperidine rings is 1. The fraction of sp³-hybridized carbons (Fsp3) is 0.619. The zero-order valence-corrected chi connectivity index (χ0v) is 17.7. The quantitative estimate of drug-likeness (QED) is 0.633. The van der Waals surface area contributed by atoms with Gasteiger partial charge in [-0.3, -0.25) is 9.59 Å². The molecular weight excluding hydrogens is 380 g/mol. The van der Waals surface area contributed by atoms with Gasteiger partial charge in [0.2, 0.25) is 5.91 Å². The molecule has 0 N–H and O–H groups in total. The van der Waals surface area contributed by atoms with Crippen LogP contribution < -0.4 is 0 Å². The number of unbranched alkanes of at least 4 members (excludes halogenated alkanes) is 3. The van der Waals surface area contributed by atoms with E-state index in [0.717, 1.165) is 51.1 Å². The van der Waals surface area contributed by atoms with Crippen LogP contribution in [0, 0.1) is 0 Å². The molecule has 0 bridgehead atoms. The van der Waals surface area contributed by atoms with Crippen LogP contribution in [0.25, 0.3) is 0 Å². The Morgan fingerprint density at radius 3 is 2.63 bits per heavy atom. The Labute approximate surface area is 171 Å². The summed E-state index contributed by atoms with van der Waals surface area (Å²) in [6.45, 7) is 4.44. The number of amides is 2. The number of benzene rings is 1. The highest BCUT2D eigenvalue weighted by atomic mass is 35.5. The highest BCUT2D eigenvalue weighted by Gasteiger charge is 2.46. The van der Waals surface area contributed by atoms with Crippen molar-refractivity contribution in [1.82, 2.24) is 9.80 Å². The first-order valence-corrected chi connectivity index (χ1v) is 11.4. The summed E-state index contributed by atoms with van der Waals surface area (Å²) < 4.78 is 0. The summed E-state index contributed by atoms with van der Waals surface area (Å²) >= 11 is 7.94. The molecule has 2 heterocycles. The Hall–Kier alpha value is -1.20. The number of rotatable bonds is 6. The van der Waals surface area contributed by atoms with Gasteiger partial charge in [-0.15, -0.1) is 11.8 Å². The third-order valence-electron chi connectivity index (χ3n) is 5.64. The van der Waals surface area contributed by atoms with E-state index in [1.807, 2.05) is 33.7 Å². The second kappa shape index (κ2) is 9.33. The van der Waals surface area contributed by atoms with E-state index in [2.05, 4.69) is 6.92 Å². The third kappa shape index (κ3) is 4.80. The summed E-state index contributed by atoms with van der Waals surface area (Å²) in [7, 11) is 0. The molecule has 3 rings (SSSR count). The van der Waals surface area contributed by atoms with Gasteiger partial charge in [-0.05, 0) is 37.5 Å². The SMILES string of the molecule is CCCCCCC(=O)N1CCC2(CC1)SCCN2C(=O)c1cccc(Cl)c1. The molecule has 0 unspecified atom stereocenters. The first kappa shape index (κ1) is 20.5. The number of nitrogens with zero attached hydrogens (tertiary/aromatic N) is 2. The van der Waals surface area contributed by atoms with Crippen LogP contribution in [0.1, 0.15) is 62.2 Å². The lowest BCUT2D eigenvalue weighted by molar-refractivity contribution is -0.132. The summed E-state index contributed by atoms with van der Waals surface area (Å²) in [5.41, 5.74) is 0.652. The van der Waals surface area contributed by atoms with Gasteiger partial charge in [-0.25, -0.2) is 0 Å². The van der Waals surface area contributed by atoms with Crippen molar-refractivity contribution in [2.45, 2.75) is 56.7 Å². The summed E-state index contributed by atoms with van der Waals surface area (Å²) in [4.78, 5) is 29.4. The minimum atomic E-state index is -0.168. The number of hydrogen-bond acceptors (Lipinski definition) is 3. The summed E-state index contributed by atoms with van der Waals surface area (Å²) in [5, 5.41) is 0.588. The molecule has 2 aliphatic heterocycles. The standard InChI is InChI=1S/C21H29ClN2O2S/c1-2-3-4-5-9-19(25)23-12-10-21(11-13-23)24(14-15-27-21)20(26)17-7-6-8-18(22)16-17/h6-8,16H,2-5,9-15H2,1H3. The van der Waals surface area contributed by atoms with Gasteiger partial charge >= 0.3 is 0 Å². The molecule has 1 aromatic rings. The van der Waals surface area contributed by atoms with Crippen molar-refractivity contribution in [2.75, 3.05) is 25.4 Å². The Bertz CT molecular complexity index is 674. The summed E-state index contributed by atoms with van der Waals surface area (Å²) in [5.74, 6) is 1.29. The van der Waals surface area contributed by atoms with E-state index in [1.54, 1.807) is 12.1 Å². The Kier molecular flexibility index (Phi) is 7.10. The van der Waals surface area contributed by atoms with Crippen LogP contribution in [-0.4, -0.2) is 51.9 Å². The molecule has 0 atom stereocenters. The highest BCUT2D eigenvalue weighted by molar-refractivity contribution is 8.00. The average Bonchev–Trinajstić information content (AvgIpc) is 3.08. The second-order valence-corrected chi connectivity index (χ2v) is 9.35. The number of likely N-dealkylation sites (tertiary alicyclic amines) is 1. The zero-order chi connectivity index (χ0) is 19.3. The number of carbonyl (C=O) groups excluding carboxylic acids is 2. The molecule has 2 fully saturated rings. The molecule has 2 aliphatic rings. The molecule has 2 saturated heterocycles. The van der Waals surface area contributed by atoms with Crippen molar-refractivity contribution in [2.24, 2.45) is 0 Å². The van der Waals surface area contributed by atoms with Gasteiger partial charge in [0, 0.05) is 42.4 Å². The fourth-order valence-electron chi connectivity index (χ4n) is 4.05. The monoisotopic (exact) mass is 408 g/mol. The van der Waals surface area contributed by atoms with Gasteiger partial charge in [0.05, 0.1) is 4.87 Å². The van der Waals surface area contributed by atoms with Crippen molar-refractivity contribution >= 4 is 35.2 Å². The molecule has 0 saturated carbocycles. The van der Waals surface area contributed by atoms with Gasteiger partial charge in [-0.2, -0.15) is 0 Å². The molecule has 1 aromatic carbocycles. The Morgan fingerprint density at radius 1 is 1.15 bits per heavy atom. The molecule has 4 nitrogen and oxygen atoms in total. The normalized spacial score (nSPS) is 18.9. The summed E-state index contributed by atoms with van der Waals surface area (Å²) in [6.07, 6.45) is 6.88. The van der Waals surface area contributed by atoms with Crippen LogP contribution in [0.5, 0.6) is 0 Å². The van der Waals surface area contributed by atoms with E-state index < -0.39 is 0 Å². The van der Waals surface area contributed by atoms with Crippen LogP contribution in [0.2, 0.25) is 5.02 Å². The van der Waals surface area contributed by atoms with Gasteiger partial charge < -0.3 is 9.80 Å². The molecule has 6 heteroatoms. The van der Waals surface area contributed by atoms with Gasteiger partial charge in [0.1, 0.15) is 0 Å². The number of halogens is 1. The summed E-state index contributed by atoms with van der Waals surface area (Å²) in [6, 6.07) is 7.19. The first-order chi connectivity index (χ1) is 13.1. The largest absolute Gasteiger partial charge is 0.342 e. The number of thioether (sulfide) groups is 1. The van der Waals surface area contributed by atoms with Crippen molar-refractivity contribution in [3.05, 3.63) is 34.9 Å². The lowest BCUT2D eigenvalue weighted by Crippen LogP contribution is -2.53. The van der Waals surface area contributed by atoms with Crippen LogP contribution >= 0.6 is 23.4 Å². The van der Waals surface area contributed by atoms with E-state index in [1.165, 1.54) is 12.8 Å². The minimum absolute atomic E-state index is 0.0573. The van der Waals surface area contributed by atoms with E-state index >= 15 is 0 Å². The van der Waals surface area contributed by atoms with E-state index in [9.17, 15) is 9.59 Å². The predicted octanol–water partition coefficient (Wildman–Crippen LogP) is 4.82. The molecule has 148 valence electrons. The van der Waals surface area contributed by atoms with Crippen LogP contribution in [0.3, 0.4) is 0 Å². The average molecular weight is 409 g/mol. The van der Waals surface area contributed by atoms with Crippen molar-refractivity contribution in [3.63, 3.8) is 0 Å². The maximum Gasteiger partial charge on any atom is 0.255 e. The molecule has 1 spiro atoms. The molecule has 27 heavy (non-hydrogen) atoms. The van der Waals surface area contributed by atoms with Gasteiger partial charge in [0.25, 0.3) is 5.91 Å². The topological polar surface area (TPSA) is 40.6 Å². The van der Waals surface area contributed by atoms with Crippen LogP contribution in [-0.2, 0) is 4.79 Å². The number of carbonyl (C=O) groups is 2. The van der Waals surface area contributed by atoms with Crippen molar-refractivity contribution < 1.29 is 9.59 Å². The smallest absolute Gasteiger partial charge is 0.255 e. The van der Waals surface area contributed by atoms with Crippen molar-refractivity contribution in [3.8, 4) is 0 Å². The van der Waals surface area contributed by atoms with Gasteiger partial charge in [-0.1, -0.05) is 43.9 Å². The minimum Gasteiger partial charge on any atom is -0.342 e. The Morgan fingerprint density at radius 2 is 1.93 bits per heavy atom. The lowest BCUT2D eigenvalue weighted by atomic mass is 10.00. The van der Waals surface area contributed by atoms with E-state index in [-0.39, 0.29) is 16.7 Å². The molecular formula is C21H29ClN2O2S. The molecule has 0 aromatic heterocycles. The zero-order valence-electron chi connectivity index (χ0n) is 16.1. The fourth-order valence-corrected chi connectivity index (χ4v) is 5.70. The maximum absolute atomic E-state index is 13.1.